The van der Waals surface area contributed by atoms with Crippen molar-refractivity contribution in [1.29, 1.82) is 0 Å². The highest BCUT2D eigenvalue weighted by Gasteiger charge is 2.26. The second kappa shape index (κ2) is 7.37. The van der Waals surface area contributed by atoms with Gasteiger partial charge in [-0.15, -0.1) is 0 Å². The molecule has 0 bridgehead atoms. The van der Waals surface area contributed by atoms with Crippen LogP contribution in [0.3, 0.4) is 0 Å². The quantitative estimate of drug-likeness (QED) is 0.711. The lowest BCUT2D eigenvalue weighted by Crippen LogP contribution is -2.43. The monoisotopic (exact) mass is 299 g/mol. The van der Waals surface area contributed by atoms with Gasteiger partial charge < -0.3 is 11.1 Å². The SMILES string of the molecule is CC(C)CN(CC(=O)NCN)S(=O)(=O)c1ccccc1. The van der Waals surface area contributed by atoms with Gasteiger partial charge in [0.05, 0.1) is 18.1 Å². The Bertz CT molecular complexity index is 529. The molecule has 0 heterocycles. The van der Waals surface area contributed by atoms with Gasteiger partial charge in [-0.05, 0) is 18.1 Å². The molecular formula is C13H21N3O3S. The fourth-order valence-corrected chi connectivity index (χ4v) is 3.31. The third kappa shape index (κ3) is 4.59. The summed E-state index contributed by atoms with van der Waals surface area (Å²) in [6.45, 7) is 3.82. The number of nitrogens with two attached hydrogens (primary N) is 1. The number of carbonyl (C=O) groups excluding carboxylic acids is 1. The molecule has 0 unspecified atom stereocenters. The van der Waals surface area contributed by atoms with Crippen molar-refractivity contribution in [2.24, 2.45) is 11.7 Å². The van der Waals surface area contributed by atoms with Crippen molar-refractivity contribution in [1.82, 2.24) is 9.62 Å². The van der Waals surface area contributed by atoms with Gasteiger partial charge in [-0.2, -0.15) is 4.31 Å². The number of sulfonamides is 1. The van der Waals surface area contributed by atoms with E-state index in [0.717, 1.165) is 0 Å². The van der Waals surface area contributed by atoms with Gasteiger partial charge in [0.15, 0.2) is 0 Å². The first-order chi connectivity index (χ1) is 9.37. The molecule has 1 rings (SSSR count). The smallest absolute Gasteiger partial charge is 0.243 e. The Morgan fingerprint density at radius 2 is 1.90 bits per heavy atom. The Labute approximate surface area is 120 Å². The van der Waals surface area contributed by atoms with E-state index >= 15 is 0 Å². The molecule has 1 aromatic carbocycles. The fraction of sp³-hybridized carbons (Fsp3) is 0.462. The van der Waals surface area contributed by atoms with Crippen LogP contribution >= 0.6 is 0 Å². The van der Waals surface area contributed by atoms with E-state index in [1.54, 1.807) is 18.2 Å². The standard InChI is InChI=1S/C13H21N3O3S/c1-11(2)8-16(9-13(17)15-10-14)20(18,19)12-6-4-3-5-7-12/h3-7,11H,8-10,14H2,1-2H3,(H,15,17). The summed E-state index contributed by atoms with van der Waals surface area (Å²) in [5, 5.41) is 2.41. The third-order valence-corrected chi connectivity index (χ3v) is 4.39. The first-order valence-corrected chi connectivity index (χ1v) is 7.84. The fourth-order valence-electron chi connectivity index (χ4n) is 1.73. The Balaban J connectivity index is 3.00. The van der Waals surface area contributed by atoms with Gasteiger partial charge in [0, 0.05) is 6.54 Å². The lowest BCUT2D eigenvalue weighted by Gasteiger charge is -2.23. The minimum absolute atomic E-state index is 0.0142. The zero-order valence-electron chi connectivity index (χ0n) is 11.7. The van der Waals surface area contributed by atoms with Crippen molar-refractivity contribution in [3.05, 3.63) is 30.3 Å². The molecule has 0 aliphatic rings. The van der Waals surface area contributed by atoms with Crippen LogP contribution < -0.4 is 11.1 Å². The average Bonchev–Trinajstić information content (AvgIpc) is 2.38. The highest BCUT2D eigenvalue weighted by atomic mass is 32.2. The Morgan fingerprint density at radius 1 is 1.30 bits per heavy atom. The summed E-state index contributed by atoms with van der Waals surface area (Å²) in [5.74, 6) is -0.299. The van der Waals surface area contributed by atoms with Gasteiger partial charge in [0.1, 0.15) is 0 Å². The first-order valence-electron chi connectivity index (χ1n) is 6.40. The molecule has 0 spiro atoms. The van der Waals surface area contributed by atoms with Crippen molar-refractivity contribution in [2.75, 3.05) is 19.8 Å². The van der Waals surface area contributed by atoms with Crippen LogP contribution in [0.5, 0.6) is 0 Å². The number of rotatable bonds is 7. The van der Waals surface area contributed by atoms with Crippen molar-refractivity contribution in [3.63, 3.8) is 0 Å². The number of amides is 1. The number of benzene rings is 1. The summed E-state index contributed by atoms with van der Waals surface area (Å²) in [7, 11) is -3.68. The highest BCUT2D eigenvalue weighted by Crippen LogP contribution is 2.16. The summed E-state index contributed by atoms with van der Waals surface area (Å²) in [4.78, 5) is 11.8. The summed E-state index contributed by atoms with van der Waals surface area (Å²) < 4.78 is 26.2. The minimum atomic E-state index is -3.68. The molecule has 1 amide bonds. The minimum Gasteiger partial charge on any atom is -0.343 e. The van der Waals surface area contributed by atoms with E-state index < -0.39 is 15.9 Å². The van der Waals surface area contributed by atoms with E-state index in [0.29, 0.717) is 0 Å². The van der Waals surface area contributed by atoms with Gasteiger partial charge in [-0.3, -0.25) is 4.79 Å². The lowest BCUT2D eigenvalue weighted by atomic mass is 10.2. The maximum atomic E-state index is 12.5. The topological polar surface area (TPSA) is 92.5 Å². The number of nitrogens with zero attached hydrogens (tertiary/aromatic N) is 1. The van der Waals surface area contributed by atoms with E-state index in [-0.39, 0.29) is 30.6 Å². The third-order valence-electron chi connectivity index (χ3n) is 2.57. The number of hydrogen-bond acceptors (Lipinski definition) is 4. The highest BCUT2D eigenvalue weighted by molar-refractivity contribution is 7.89. The molecule has 0 aromatic heterocycles. The molecule has 0 fully saturated rings. The van der Waals surface area contributed by atoms with Crippen molar-refractivity contribution < 1.29 is 13.2 Å². The van der Waals surface area contributed by atoms with Gasteiger partial charge in [0.2, 0.25) is 15.9 Å². The Morgan fingerprint density at radius 3 is 2.40 bits per heavy atom. The first kappa shape index (κ1) is 16.6. The van der Waals surface area contributed by atoms with Crippen molar-refractivity contribution in [2.45, 2.75) is 18.7 Å². The normalized spacial score (nSPS) is 11.8. The van der Waals surface area contributed by atoms with Crippen LogP contribution in [0.4, 0.5) is 0 Å². The molecular weight excluding hydrogens is 278 g/mol. The predicted molar refractivity (Wildman–Crippen MR) is 77.2 cm³/mol. The molecule has 20 heavy (non-hydrogen) atoms. The van der Waals surface area contributed by atoms with Crippen LogP contribution in [0.2, 0.25) is 0 Å². The van der Waals surface area contributed by atoms with Crippen LogP contribution in [-0.2, 0) is 14.8 Å². The predicted octanol–water partition coefficient (Wildman–Crippen LogP) is 0.366. The second-order valence-electron chi connectivity index (χ2n) is 4.81. The molecule has 0 radical (unpaired) electrons. The van der Waals surface area contributed by atoms with Gasteiger partial charge in [0.25, 0.3) is 0 Å². The van der Waals surface area contributed by atoms with Crippen LogP contribution in [0.1, 0.15) is 13.8 Å². The maximum Gasteiger partial charge on any atom is 0.243 e. The van der Waals surface area contributed by atoms with Crippen molar-refractivity contribution >= 4 is 15.9 Å². The van der Waals surface area contributed by atoms with Crippen LogP contribution in [0, 0.1) is 5.92 Å². The second-order valence-corrected chi connectivity index (χ2v) is 6.75. The summed E-state index contributed by atoms with van der Waals surface area (Å²) in [6, 6.07) is 8.08. The summed E-state index contributed by atoms with van der Waals surface area (Å²) in [6.07, 6.45) is 0. The van der Waals surface area contributed by atoms with Crippen molar-refractivity contribution in [3.8, 4) is 0 Å². The molecule has 1 aromatic rings. The van der Waals surface area contributed by atoms with E-state index in [4.69, 9.17) is 5.73 Å². The molecule has 6 nitrogen and oxygen atoms in total. The number of hydrogen-bond donors (Lipinski definition) is 2. The van der Waals surface area contributed by atoms with Crippen LogP contribution in [0.15, 0.2) is 35.2 Å². The summed E-state index contributed by atoms with van der Waals surface area (Å²) >= 11 is 0. The Hall–Kier alpha value is -1.44. The molecule has 112 valence electrons. The van der Waals surface area contributed by atoms with E-state index in [2.05, 4.69) is 5.32 Å². The Kier molecular flexibility index (Phi) is 6.12. The lowest BCUT2D eigenvalue weighted by molar-refractivity contribution is -0.121. The maximum absolute atomic E-state index is 12.5. The number of carbonyl (C=O) groups is 1. The van der Waals surface area contributed by atoms with E-state index in [9.17, 15) is 13.2 Å². The molecule has 0 aliphatic heterocycles. The van der Waals surface area contributed by atoms with Gasteiger partial charge in [-0.25, -0.2) is 8.42 Å². The molecule has 0 saturated carbocycles. The molecule has 0 saturated heterocycles. The molecule has 0 atom stereocenters. The van der Waals surface area contributed by atoms with Gasteiger partial charge in [-0.1, -0.05) is 32.0 Å². The largest absolute Gasteiger partial charge is 0.343 e. The van der Waals surface area contributed by atoms with Crippen LogP contribution in [-0.4, -0.2) is 38.4 Å². The van der Waals surface area contributed by atoms with E-state index in [1.807, 2.05) is 13.8 Å². The zero-order chi connectivity index (χ0) is 15.2. The average molecular weight is 299 g/mol. The van der Waals surface area contributed by atoms with Gasteiger partial charge >= 0.3 is 0 Å². The zero-order valence-corrected chi connectivity index (χ0v) is 12.6. The van der Waals surface area contributed by atoms with E-state index in [1.165, 1.54) is 16.4 Å². The molecule has 7 heteroatoms. The number of nitrogens with one attached hydrogen (secondary N) is 1. The molecule has 3 N–H and O–H groups in total. The summed E-state index contributed by atoms with van der Waals surface area (Å²) in [5.41, 5.74) is 5.23. The van der Waals surface area contributed by atoms with Crippen LogP contribution in [0.25, 0.3) is 0 Å². The molecule has 0 aliphatic carbocycles.